The van der Waals surface area contributed by atoms with Crippen LogP contribution in [0.4, 0.5) is 0 Å². The number of hydrogen-bond donors (Lipinski definition) is 1. The number of nitrogens with one attached hydrogen (secondary N) is 1. The third-order valence-electron chi connectivity index (χ3n) is 5.52. The third kappa shape index (κ3) is 5.14. The van der Waals surface area contributed by atoms with Gasteiger partial charge >= 0.3 is 0 Å². The molecule has 1 aromatic heterocycles. The van der Waals surface area contributed by atoms with Crippen molar-refractivity contribution in [1.29, 1.82) is 0 Å². The fourth-order valence-electron chi connectivity index (χ4n) is 3.98. The second kappa shape index (κ2) is 9.51. The van der Waals surface area contributed by atoms with Crippen LogP contribution in [0.25, 0.3) is 17.0 Å². The van der Waals surface area contributed by atoms with E-state index in [1.54, 1.807) is 18.3 Å². The summed E-state index contributed by atoms with van der Waals surface area (Å²) in [4.78, 5) is 6.92. The zero-order valence-electron chi connectivity index (χ0n) is 16.9. The first-order valence-electron chi connectivity index (χ1n) is 10.4. The second-order valence-corrected chi connectivity index (χ2v) is 9.50. The molecule has 0 radical (unpaired) electrons. The fourth-order valence-corrected chi connectivity index (χ4v) is 5.28. The van der Waals surface area contributed by atoms with Crippen LogP contribution < -0.4 is 4.72 Å². The lowest BCUT2D eigenvalue weighted by Crippen LogP contribution is -2.41. The van der Waals surface area contributed by atoms with Crippen molar-refractivity contribution in [2.45, 2.75) is 17.7 Å². The van der Waals surface area contributed by atoms with E-state index in [9.17, 15) is 8.42 Å². The van der Waals surface area contributed by atoms with Crippen LogP contribution in [0.1, 0.15) is 18.4 Å². The quantitative estimate of drug-likeness (QED) is 0.628. The number of fused-ring (bicyclic) bond motifs is 1. The summed E-state index contributed by atoms with van der Waals surface area (Å²) in [5.41, 5.74) is 1.71. The van der Waals surface area contributed by atoms with Crippen LogP contribution in [0.3, 0.4) is 0 Å². The van der Waals surface area contributed by atoms with Crippen molar-refractivity contribution >= 4 is 27.0 Å². The van der Waals surface area contributed by atoms with Gasteiger partial charge in [-0.15, -0.1) is 0 Å². The van der Waals surface area contributed by atoms with Crippen molar-refractivity contribution in [3.8, 4) is 0 Å². The van der Waals surface area contributed by atoms with Crippen LogP contribution in [0, 0.1) is 5.92 Å². The number of rotatable bonds is 7. The van der Waals surface area contributed by atoms with Gasteiger partial charge in [-0.25, -0.2) is 13.1 Å². The van der Waals surface area contributed by atoms with Gasteiger partial charge in [0.05, 0.1) is 5.52 Å². The van der Waals surface area contributed by atoms with Gasteiger partial charge in [0.25, 0.3) is 0 Å². The van der Waals surface area contributed by atoms with Crippen molar-refractivity contribution in [2.75, 3.05) is 26.2 Å². The SMILES string of the molecule is O=S(=O)(NC[C@@H]1CCCN(C/C=C/c2ccccc2)C1)c1cccc2cccnc12. The minimum atomic E-state index is -3.60. The molecule has 1 aliphatic rings. The molecule has 6 heteroatoms. The Balaban J connectivity index is 1.35. The molecule has 156 valence electrons. The molecule has 0 amide bonds. The maximum Gasteiger partial charge on any atom is 0.242 e. The predicted molar refractivity (Wildman–Crippen MR) is 122 cm³/mol. The summed E-state index contributed by atoms with van der Waals surface area (Å²) in [6.45, 7) is 3.28. The van der Waals surface area contributed by atoms with Gasteiger partial charge in [0, 0.05) is 31.2 Å². The Morgan fingerprint density at radius 3 is 2.77 bits per heavy atom. The van der Waals surface area contributed by atoms with E-state index in [0.717, 1.165) is 37.9 Å². The standard InChI is InChI=1S/C24H27N3O2S/c28-30(29,23-14-4-12-22-13-5-15-25-24(22)23)26-18-21-11-7-17-27(19-21)16-6-10-20-8-2-1-3-9-20/h1-6,8-10,12-15,21,26H,7,11,16-19H2/b10-6+/t21-/m0/s1. The Bertz CT molecular complexity index is 1110. The lowest BCUT2D eigenvalue weighted by molar-refractivity contribution is 0.192. The third-order valence-corrected chi connectivity index (χ3v) is 6.98. The molecular formula is C24H27N3O2S. The van der Waals surface area contributed by atoms with Crippen LogP contribution in [-0.4, -0.2) is 44.5 Å². The molecule has 30 heavy (non-hydrogen) atoms. The number of para-hydroxylation sites is 1. The molecule has 1 saturated heterocycles. The molecule has 5 nitrogen and oxygen atoms in total. The summed E-state index contributed by atoms with van der Waals surface area (Å²) >= 11 is 0. The Labute approximate surface area is 178 Å². The highest BCUT2D eigenvalue weighted by Gasteiger charge is 2.23. The zero-order valence-corrected chi connectivity index (χ0v) is 17.8. The Hall–Kier alpha value is -2.54. The molecule has 1 fully saturated rings. The minimum absolute atomic E-state index is 0.249. The van der Waals surface area contributed by atoms with Crippen molar-refractivity contribution in [2.24, 2.45) is 5.92 Å². The highest BCUT2D eigenvalue weighted by atomic mass is 32.2. The summed E-state index contributed by atoms with van der Waals surface area (Å²) in [5.74, 6) is 0.307. The highest BCUT2D eigenvalue weighted by Crippen LogP contribution is 2.21. The van der Waals surface area contributed by atoms with Crippen molar-refractivity contribution in [1.82, 2.24) is 14.6 Å². The highest BCUT2D eigenvalue weighted by molar-refractivity contribution is 7.89. The van der Waals surface area contributed by atoms with E-state index in [-0.39, 0.29) is 4.90 Å². The smallest absolute Gasteiger partial charge is 0.242 e. The van der Waals surface area contributed by atoms with Crippen molar-refractivity contribution in [3.63, 3.8) is 0 Å². The number of hydrogen-bond acceptors (Lipinski definition) is 4. The summed E-state index contributed by atoms with van der Waals surface area (Å²) in [6, 6.07) is 19.2. The largest absolute Gasteiger partial charge is 0.299 e. The Morgan fingerprint density at radius 2 is 1.90 bits per heavy atom. The number of pyridine rings is 1. The van der Waals surface area contributed by atoms with Gasteiger partial charge in [-0.05, 0) is 43.0 Å². The second-order valence-electron chi connectivity index (χ2n) is 7.76. The molecule has 0 unspecified atom stereocenters. The first kappa shape index (κ1) is 20.7. The summed E-state index contributed by atoms with van der Waals surface area (Å²) in [6.07, 6.45) is 8.07. The fraction of sp³-hybridized carbons (Fsp3) is 0.292. The lowest BCUT2D eigenvalue weighted by atomic mass is 9.98. The van der Waals surface area contributed by atoms with Crippen LogP contribution in [0.15, 0.2) is 77.8 Å². The summed E-state index contributed by atoms with van der Waals surface area (Å²) in [7, 11) is -3.60. The van der Waals surface area contributed by atoms with Gasteiger partial charge in [0.1, 0.15) is 4.90 Å². The van der Waals surface area contributed by atoms with E-state index >= 15 is 0 Å². The van der Waals surface area contributed by atoms with Crippen molar-refractivity contribution in [3.05, 3.63) is 78.5 Å². The summed E-state index contributed by atoms with van der Waals surface area (Å²) < 4.78 is 28.7. The normalized spacial score (nSPS) is 18.2. The van der Waals surface area contributed by atoms with E-state index < -0.39 is 10.0 Å². The maximum atomic E-state index is 12.9. The van der Waals surface area contributed by atoms with Crippen LogP contribution in [0.2, 0.25) is 0 Å². The number of benzene rings is 2. The van der Waals surface area contributed by atoms with E-state index in [2.05, 4.69) is 38.9 Å². The van der Waals surface area contributed by atoms with E-state index in [1.807, 2.05) is 36.4 Å². The molecule has 1 atom stereocenters. The first-order chi connectivity index (χ1) is 14.6. The predicted octanol–water partition coefficient (Wildman–Crippen LogP) is 3.94. The molecule has 0 bridgehead atoms. The molecule has 0 spiro atoms. The van der Waals surface area contributed by atoms with Gasteiger partial charge in [0.2, 0.25) is 10.0 Å². The molecule has 0 saturated carbocycles. The zero-order chi connectivity index (χ0) is 20.8. The average molecular weight is 422 g/mol. The average Bonchev–Trinajstić information content (AvgIpc) is 2.78. The monoisotopic (exact) mass is 421 g/mol. The number of piperidine rings is 1. The van der Waals surface area contributed by atoms with Gasteiger partial charge < -0.3 is 0 Å². The number of aromatic nitrogens is 1. The minimum Gasteiger partial charge on any atom is -0.299 e. The molecule has 0 aliphatic carbocycles. The van der Waals surface area contributed by atoms with Crippen LogP contribution in [-0.2, 0) is 10.0 Å². The Morgan fingerprint density at radius 1 is 1.07 bits per heavy atom. The molecule has 1 aliphatic heterocycles. The van der Waals surface area contributed by atoms with Crippen LogP contribution in [0.5, 0.6) is 0 Å². The number of sulfonamides is 1. The molecular weight excluding hydrogens is 394 g/mol. The summed E-state index contributed by atoms with van der Waals surface area (Å²) in [5, 5.41) is 0.828. The Kier molecular flexibility index (Phi) is 6.57. The van der Waals surface area contributed by atoms with Gasteiger partial charge in [-0.2, -0.15) is 0 Å². The molecule has 1 N–H and O–H groups in total. The van der Waals surface area contributed by atoms with Gasteiger partial charge in [-0.3, -0.25) is 9.88 Å². The molecule has 2 aromatic carbocycles. The van der Waals surface area contributed by atoms with Crippen molar-refractivity contribution < 1.29 is 8.42 Å². The van der Waals surface area contributed by atoms with E-state index in [1.165, 1.54) is 5.56 Å². The first-order valence-corrected chi connectivity index (χ1v) is 11.9. The van der Waals surface area contributed by atoms with Gasteiger partial charge in [-0.1, -0.05) is 60.7 Å². The van der Waals surface area contributed by atoms with Crippen LogP contribution >= 0.6 is 0 Å². The van der Waals surface area contributed by atoms with E-state index in [0.29, 0.717) is 18.0 Å². The molecule has 2 heterocycles. The maximum absolute atomic E-state index is 12.9. The molecule has 4 rings (SSSR count). The van der Waals surface area contributed by atoms with Gasteiger partial charge in [0.15, 0.2) is 0 Å². The topological polar surface area (TPSA) is 62.3 Å². The number of nitrogens with zero attached hydrogens (tertiary/aromatic N) is 2. The number of likely N-dealkylation sites (tertiary alicyclic amines) is 1. The van der Waals surface area contributed by atoms with E-state index in [4.69, 9.17) is 0 Å². The lowest BCUT2D eigenvalue weighted by Gasteiger charge is -2.32. The molecule has 3 aromatic rings.